The van der Waals surface area contributed by atoms with Crippen LogP contribution in [0.1, 0.15) is 10.8 Å². The van der Waals surface area contributed by atoms with Crippen molar-refractivity contribution in [3.8, 4) is 0 Å². The van der Waals surface area contributed by atoms with Crippen LogP contribution in [0.3, 0.4) is 0 Å². The number of nitrogens with zero attached hydrogens (tertiary/aromatic N) is 2. The van der Waals surface area contributed by atoms with Gasteiger partial charge in [0.1, 0.15) is 5.76 Å². The Morgan fingerprint density at radius 2 is 2.20 bits per heavy atom. The van der Waals surface area contributed by atoms with Gasteiger partial charge < -0.3 is 9.73 Å². The molecule has 0 bridgehead atoms. The summed E-state index contributed by atoms with van der Waals surface area (Å²) in [5.74, 6) is 0.601. The van der Waals surface area contributed by atoms with Crippen molar-refractivity contribution in [2.24, 2.45) is 0 Å². The number of hydrogen-bond donors (Lipinski definition) is 1. The number of aromatic nitrogens is 1. The second-order valence-corrected chi connectivity index (χ2v) is 7.42. The lowest BCUT2D eigenvalue weighted by Gasteiger charge is -2.07. The van der Waals surface area contributed by atoms with Gasteiger partial charge in [0.05, 0.1) is 11.6 Å². The predicted molar refractivity (Wildman–Crippen MR) is 77.1 cm³/mol. The zero-order valence-corrected chi connectivity index (χ0v) is 13.0. The second kappa shape index (κ2) is 6.49. The van der Waals surface area contributed by atoms with Crippen LogP contribution in [0.25, 0.3) is 0 Å². The topological polar surface area (TPSA) is 75.4 Å². The molecule has 0 aliphatic heterocycles. The van der Waals surface area contributed by atoms with Crippen LogP contribution in [0, 0.1) is 0 Å². The van der Waals surface area contributed by atoms with Crippen molar-refractivity contribution in [1.82, 2.24) is 14.6 Å². The van der Waals surface area contributed by atoms with E-state index in [0.717, 1.165) is 22.3 Å². The van der Waals surface area contributed by atoms with Crippen LogP contribution in [-0.4, -0.2) is 38.3 Å². The minimum Gasteiger partial charge on any atom is -0.447 e. The third-order valence-corrected chi connectivity index (χ3v) is 5.20. The highest BCUT2D eigenvalue weighted by Crippen LogP contribution is 2.16. The summed E-state index contributed by atoms with van der Waals surface area (Å²) in [5, 5.41) is 6.19. The van der Waals surface area contributed by atoms with Crippen LogP contribution in [0.4, 0.5) is 0 Å². The molecule has 8 heteroatoms. The minimum atomic E-state index is -3.49. The molecule has 0 saturated heterocycles. The lowest BCUT2D eigenvalue weighted by atomic mass is 10.4. The smallest absolute Gasteiger partial charge is 0.275 e. The Hall–Kier alpha value is -1.22. The van der Waals surface area contributed by atoms with Gasteiger partial charge in [0, 0.05) is 38.6 Å². The Morgan fingerprint density at radius 3 is 2.85 bits per heavy atom. The monoisotopic (exact) mass is 315 g/mol. The number of hydrogen-bond acceptors (Lipinski definition) is 6. The van der Waals surface area contributed by atoms with Crippen LogP contribution in [0.2, 0.25) is 0 Å². The Bertz CT molecular complexity index is 633. The first-order valence-corrected chi connectivity index (χ1v) is 8.42. The van der Waals surface area contributed by atoms with E-state index in [1.165, 1.54) is 20.2 Å². The van der Waals surface area contributed by atoms with E-state index in [1.807, 2.05) is 5.38 Å². The molecular formula is C12H17N3O3S2. The molecule has 0 amide bonds. The Labute approximate surface area is 122 Å². The maximum absolute atomic E-state index is 11.8. The maximum atomic E-state index is 11.8. The van der Waals surface area contributed by atoms with Gasteiger partial charge in [-0.15, -0.1) is 11.3 Å². The number of sulfonamides is 1. The lowest BCUT2D eigenvalue weighted by molar-refractivity contribution is 0.389. The molecule has 0 aliphatic carbocycles. The largest absolute Gasteiger partial charge is 0.447 e. The fraction of sp³-hybridized carbons (Fsp3) is 0.417. The van der Waals surface area contributed by atoms with E-state index in [-0.39, 0.29) is 5.09 Å². The minimum absolute atomic E-state index is 0.0285. The van der Waals surface area contributed by atoms with Gasteiger partial charge in [0.15, 0.2) is 0 Å². The van der Waals surface area contributed by atoms with Crippen LogP contribution in [0.5, 0.6) is 0 Å². The van der Waals surface area contributed by atoms with Crippen molar-refractivity contribution in [2.45, 2.75) is 18.1 Å². The first-order valence-electron chi connectivity index (χ1n) is 6.10. The summed E-state index contributed by atoms with van der Waals surface area (Å²) >= 11 is 1.62. The first-order chi connectivity index (χ1) is 9.50. The molecule has 0 fully saturated rings. The molecule has 2 aromatic rings. The number of rotatable bonds is 7. The standard InChI is InChI=1S/C12H17N3O3S2/c1-15(2)20(16,17)12-4-3-10(18-12)9-13-6-5-11-14-7-8-19-11/h3-4,7-8,13H,5-6,9H2,1-2H3. The van der Waals surface area contributed by atoms with Crippen LogP contribution < -0.4 is 5.32 Å². The lowest BCUT2D eigenvalue weighted by Crippen LogP contribution is -2.21. The van der Waals surface area contributed by atoms with E-state index >= 15 is 0 Å². The predicted octanol–water partition coefficient (Wildman–Crippen LogP) is 1.32. The zero-order valence-electron chi connectivity index (χ0n) is 11.4. The van der Waals surface area contributed by atoms with Crippen LogP contribution >= 0.6 is 11.3 Å². The normalized spacial score (nSPS) is 12.2. The van der Waals surface area contributed by atoms with E-state index in [4.69, 9.17) is 4.42 Å². The van der Waals surface area contributed by atoms with E-state index in [0.29, 0.717) is 12.3 Å². The van der Waals surface area contributed by atoms with Crippen molar-refractivity contribution < 1.29 is 12.8 Å². The molecule has 0 unspecified atom stereocenters. The van der Waals surface area contributed by atoms with Gasteiger partial charge >= 0.3 is 0 Å². The average Bonchev–Trinajstić information content (AvgIpc) is 3.06. The fourth-order valence-corrected chi connectivity index (χ4v) is 2.99. The summed E-state index contributed by atoms with van der Waals surface area (Å²) in [6.07, 6.45) is 2.63. The van der Waals surface area contributed by atoms with E-state index in [2.05, 4.69) is 10.3 Å². The van der Waals surface area contributed by atoms with E-state index < -0.39 is 10.0 Å². The molecule has 2 heterocycles. The van der Waals surface area contributed by atoms with Crippen molar-refractivity contribution in [3.63, 3.8) is 0 Å². The molecule has 0 aromatic carbocycles. The molecule has 110 valence electrons. The fourth-order valence-electron chi connectivity index (χ4n) is 1.56. The molecular weight excluding hydrogens is 298 g/mol. The quantitative estimate of drug-likeness (QED) is 0.780. The summed E-state index contributed by atoms with van der Waals surface area (Å²) < 4.78 is 30.1. The zero-order chi connectivity index (χ0) is 14.6. The van der Waals surface area contributed by atoms with Crippen molar-refractivity contribution in [2.75, 3.05) is 20.6 Å². The van der Waals surface area contributed by atoms with Gasteiger partial charge in [-0.3, -0.25) is 0 Å². The van der Waals surface area contributed by atoms with Crippen LogP contribution in [-0.2, 0) is 23.0 Å². The summed E-state index contributed by atoms with van der Waals surface area (Å²) in [6, 6.07) is 3.15. The van der Waals surface area contributed by atoms with Crippen molar-refractivity contribution in [3.05, 3.63) is 34.5 Å². The molecule has 0 radical (unpaired) electrons. The highest BCUT2D eigenvalue weighted by atomic mass is 32.2. The van der Waals surface area contributed by atoms with E-state index in [1.54, 1.807) is 23.6 Å². The summed E-state index contributed by atoms with van der Waals surface area (Å²) in [7, 11) is -0.540. The molecule has 0 aliphatic rings. The average molecular weight is 315 g/mol. The molecule has 2 rings (SSSR count). The highest BCUT2D eigenvalue weighted by Gasteiger charge is 2.21. The van der Waals surface area contributed by atoms with Gasteiger partial charge in [0.25, 0.3) is 10.0 Å². The summed E-state index contributed by atoms with van der Waals surface area (Å²) in [5.41, 5.74) is 0. The molecule has 6 nitrogen and oxygen atoms in total. The number of furan rings is 1. The van der Waals surface area contributed by atoms with Gasteiger partial charge in [0.2, 0.25) is 5.09 Å². The van der Waals surface area contributed by atoms with Gasteiger partial charge in [-0.1, -0.05) is 0 Å². The van der Waals surface area contributed by atoms with Gasteiger partial charge in [-0.05, 0) is 12.1 Å². The molecule has 1 N–H and O–H groups in total. The number of thiazole rings is 1. The maximum Gasteiger partial charge on any atom is 0.275 e. The second-order valence-electron chi connectivity index (χ2n) is 4.36. The van der Waals surface area contributed by atoms with Gasteiger partial charge in [-0.2, -0.15) is 0 Å². The summed E-state index contributed by atoms with van der Waals surface area (Å²) in [6.45, 7) is 1.26. The molecule has 0 atom stereocenters. The van der Waals surface area contributed by atoms with Crippen LogP contribution in [0.15, 0.2) is 33.2 Å². The number of nitrogens with one attached hydrogen (secondary N) is 1. The SMILES string of the molecule is CN(C)S(=O)(=O)c1ccc(CNCCc2nccs2)o1. The van der Waals surface area contributed by atoms with Gasteiger partial charge in [-0.25, -0.2) is 17.7 Å². The van der Waals surface area contributed by atoms with Crippen molar-refractivity contribution in [1.29, 1.82) is 0 Å². The highest BCUT2D eigenvalue weighted by molar-refractivity contribution is 7.88. The Kier molecular flexibility index (Phi) is 4.92. The van der Waals surface area contributed by atoms with E-state index in [9.17, 15) is 8.42 Å². The molecule has 2 aromatic heterocycles. The molecule has 0 spiro atoms. The third-order valence-electron chi connectivity index (χ3n) is 2.67. The third kappa shape index (κ3) is 3.66. The molecule has 0 saturated carbocycles. The Balaban J connectivity index is 1.84. The van der Waals surface area contributed by atoms with Crippen molar-refractivity contribution >= 4 is 21.4 Å². The first kappa shape index (κ1) is 15.2. The molecule has 20 heavy (non-hydrogen) atoms. The summed E-state index contributed by atoms with van der Waals surface area (Å²) in [4.78, 5) is 4.19. The Morgan fingerprint density at radius 1 is 1.40 bits per heavy atom.